The van der Waals surface area contributed by atoms with Crippen molar-refractivity contribution in [1.29, 1.82) is 0 Å². The fraction of sp³-hybridized carbons (Fsp3) is 0.588. The van der Waals surface area contributed by atoms with Gasteiger partial charge in [-0.05, 0) is 55.5 Å². The quantitative estimate of drug-likeness (QED) is 0.877. The maximum atomic E-state index is 12.4. The molecule has 1 amide bonds. The van der Waals surface area contributed by atoms with Crippen LogP contribution in [0, 0.1) is 11.8 Å². The number of halogens is 2. The summed E-state index contributed by atoms with van der Waals surface area (Å²) in [7, 11) is 1.84. The zero-order valence-electron chi connectivity index (χ0n) is 13.2. The lowest BCUT2D eigenvalue weighted by Gasteiger charge is -2.29. The van der Waals surface area contributed by atoms with E-state index in [1.807, 2.05) is 19.2 Å². The molecule has 1 fully saturated rings. The summed E-state index contributed by atoms with van der Waals surface area (Å²) in [6, 6.07) is 5.50. The number of nitrogens with zero attached hydrogens (tertiary/aromatic N) is 1. The Hall–Kier alpha value is -0.770. The van der Waals surface area contributed by atoms with E-state index in [4.69, 9.17) is 23.2 Å². The van der Waals surface area contributed by atoms with Crippen LogP contribution in [0.4, 0.5) is 0 Å². The molecule has 3 nitrogen and oxygen atoms in total. The highest BCUT2D eigenvalue weighted by atomic mass is 35.5. The Morgan fingerprint density at radius 3 is 2.82 bits per heavy atom. The minimum Gasteiger partial charge on any atom is -0.341 e. The van der Waals surface area contributed by atoms with Crippen LogP contribution in [0.5, 0.6) is 0 Å². The van der Waals surface area contributed by atoms with Crippen LogP contribution >= 0.6 is 23.2 Å². The van der Waals surface area contributed by atoms with Crippen molar-refractivity contribution in [2.45, 2.75) is 32.7 Å². The van der Waals surface area contributed by atoms with Crippen molar-refractivity contribution >= 4 is 29.1 Å². The van der Waals surface area contributed by atoms with Crippen LogP contribution in [0.25, 0.3) is 0 Å². The number of hydrogen-bond acceptors (Lipinski definition) is 2. The zero-order valence-corrected chi connectivity index (χ0v) is 14.8. The van der Waals surface area contributed by atoms with Crippen molar-refractivity contribution in [2.75, 3.05) is 20.1 Å². The van der Waals surface area contributed by atoms with Gasteiger partial charge in [0.05, 0.1) is 10.0 Å². The van der Waals surface area contributed by atoms with Crippen molar-refractivity contribution in [2.24, 2.45) is 11.8 Å². The monoisotopic (exact) mass is 342 g/mol. The number of amides is 1. The van der Waals surface area contributed by atoms with E-state index in [1.165, 1.54) is 12.8 Å². The zero-order chi connectivity index (χ0) is 16.1. The fourth-order valence-corrected chi connectivity index (χ4v) is 3.28. The number of carbonyl (C=O) groups excluding carboxylic acids is 1. The summed E-state index contributed by atoms with van der Waals surface area (Å²) in [6.07, 6.45) is 3.03. The Balaban J connectivity index is 1.86. The van der Waals surface area contributed by atoms with Gasteiger partial charge in [0.2, 0.25) is 5.91 Å². The number of carbonyl (C=O) groups is 1. The second-order valence-corrected chi connectivity index (χ2v) is 7.10. The number of hydrogen-bond donors (Lipinski definition) is 1. The lowest BCUT2D eigenvalue weighted by Crippen LogP contribution is -2.36. The minimum atomic E-state index is 0.184. The molecule has 1 aromatic rings. The van der Waals surface area contributed by atoms with Crippen LogP contribution in [0.3, 0.4) is 0 Å². The summed E-state index contributed by atoms with van der Waals surface area (Å²) in [5.74, 6) is 1.21. The third-order valence-electron chi connectivity index (χ3n) is 4.47. The Labute approximate surface area is 143 Å². The van der Waals surface area contributed by atoms with E-state index in [0.29, 0.717) is 34.8 Å². The first kappa shape index (κ1) is 17.6. The summed E-state index contributed by atoms with van der Waals surface area (Å²) in [5, 5.41) is 4.49. The average molecular weight is 343 g/mol. The summed E-state index contributed by atoms with van der Waals surface area (Å²) < 4.78 is 0. The van der Waals surface area contributed by atoms with Crippen LogP contribution in [-0.4, -0.2) is 30.9 Å². The number of nitrogens with one attached hydrogen (secondary N) is 1. The van der Waals surface area contributed by atoms with E-state index in [1.54, 1.807) is 11.0 Å². The molecule has 0 radical (unpaired) electrons. The highest BCUT2D eigenvalue weighted by Gasteiger charge is 2.23. The first-order valence-corrected chi connectivity index (χ1v) is 8.61. The first-order valence-electron chi connectivity index (χ1n) is 7.86. The fourth-order valence-electron chi connectivity index (χ4n) is 2.96. The summed E-state index contributed by atoms with van der Waals surface area (Å²) in [5.41, 5.74) is 0.997. The molecule has 1 saturated heterocycles. The molecule has 1 aromatic carbocycles. The largest absolute Gasteiger partial charge is 0.341 e. The van der Waals surface area contributed by atoms with E-state index in [9.17, 15) is 4.79 Å². The van der Waals surface area contributed by atoms with Gasteiger partial charge in [-0.15, -0.1) is 0 Å². The second kappa shape index (κ2) is 8.19. The first-order chi connectivity index (χ1) is 10.5. The van der Waals surface area contributed by atoms with Gasteiger partial charge in [0.25, 0.3) is 0 Å². The molecule has 0 saturated carbocycles. The molecule has 122 valence electrons. The van der Waals surface area contributed by atoms with Gasteiger partial charge >= 0.3 is 0 Å². The second-order valence-electron chi connectivity index (χ2n) is 6.29. The molecule has 2 atom stereocenters. The Morgan fingerprint density at radius 2 is 2.18 bits per heavy atom. The Kier molecular flexibility index (Phi) is 6.54. The van der Waals surface area contributed by atoms with Crippen LogP contribution in [0.1, 0.15) is 31.7 Å². The molecule has 2 unspecified atom stereocenters. The van der Waals surface area contributed by atoms with E-state index in [-0.39, 0.29) is 5.91 Å². The molecule has 5 heteroatoms. The number of piperidine rings is 1. The van der Waals surface area contributed by atoms with Gasteiger partial charge in [0.15, 0.2) is 0 Å². The van der Waals surface area contributed by atoms with E-state index in [2.05, 4.69) is 12.2 Å². The van der Waals surface area contributed by atoms with Gasteiger partial charge in [-0.25, -0.2) is 0 Å². The molecule has 0 bridgehead atoms. The summed E-state index contributed by atoms with van der Waals surface area (Å²) >= 11 is 11.9. The molecule has 1 N–H and O–H groups in total. The highest BCUT2D eigenvalue weighted by Crippen LogP contribution is 2.25. The minimum absolute atomic E-state index is 0.184. The Morgan fingerprint density at radius 1 is 1.41 bits per heavy atom. The van der Waals surface area contributed by atoms with Gasteiger partial charge in [-0.2, -0.15) is 0 Å². The topological polar surface area (TPSA) is 32.3 Å². The van der Waals surface area contributed by atoms with Crippen LogP contribution in [0.15, 0.2) is 18.2 Å². The molecule has 1 aliphatic rings. The predicted octanol–water partition coefficient (Wildman–Crippen LogP) is 3.98. The van der Waals surface area contributed by atoms with Crippen molar-refractivity contribution in [1.82, 2.24) is 10.2 Å². The lowest BCUT2D eigenvalue weighted by atomic mass is 9.85. The van der Waals surface area contributed by atoms with E-state index >= 15 is 0 Å². The molecule has 1 heterocycles. The highest BCUT2D eigenvalue weighted by molar-refractivity contribution is 6.42. The summed E-state index contributed by atoms with van der Waals surface area (Å²) in [4.78, 5) is 14.2. The number of benzene rings is 1. The lowest BCUT2D eigenvalue weighted by molar-refractivity contribution is -0.131. The molecule has 0 aromatic heterocycles. The molecule has 2 rings (SSSR count). The van der Waals surface area contributed by atoms with Crippen molar-refractivity contribution in [3.63, 3.8) is 0 Å². The molecule has 0 spiro atoms. The Bertz CT molecular complexity index is 515. The normalized spacial score (nSPS) is 19.7. The summed E-state index contributed by atoms with van der Waals surface area (Å²) in [6.45, 7) is 4.88. The molecule has 22 heavy (non-hydrogen) atoms. The SMILES string of the molecule is CC(CC(=O)N(C)Cc1ccc(Cl)c(Cl)c1)C1CCCNC1. The third-order valence-corrected chi connectivity index (χ3v) is 5.20. The van der Waals surface area contributed by atoms with Crippen LogP contribution < -0.4 is 5.32 Å². The van der Waals surface area contributed by atoms with Gasteiger partial charge in [-0.1, -0.05) is 36.2 Å². The third kappa shape index (κ3) is 4.87. The van der Waals surface area contributed by atoms with Crippen molar-refractivity contribution in [3.05, 3.63) is 33.8 Å². The van der Waals surface area contributed by atoms with Gasteiger partial charge in [0, 0.05) is 20.0 Å². The average Bonchev–Trinajstić information content (AvgIpc) is 2.51. The van der Waals surface area contributed by atoms with Crippen molar-refractivity contribution in [3.8, 4) is 0 Å². The molecular weight excluding hydrogens is 319 g/mol. The van der Waals surface area contributed by atoms with Crippen LogP contribution in [0.2, 0.25) is 10.0 Å². The molecule has 0 aliphatic carbocycles. The van der Waals surface area contributed by atoms with Gasteiger partial charge in [-0.3, -0.25) is 4.79 Å². The van der Waals surface area contributed by atoms with E-state index < -0.39 is 0 Å². The molecular formula is C17H24Cl2N2O. The molecule has 1 aliphatic heterocycles. The van der Waals surface area contributed by atoms with Gasteiger partial charge < -0.3 is 10.2 Å². The van der Waals surface area contributed by atoms with E-state index in [0.717, 1.165) is 18.7 Å². The smallest absolute Gasteiger partial charge is 0.222 e. The number of rotatable bonds is 5. The van der Waals surface area contributed by atoms with Crippen molar-refractivity contribution < 1.29 is 4.79 Å². The van der Waals surface area contributed by atoms with Gasteiger partial charge in [0.1, 0.15) is 0 Å². The standard InChI is InChI=1S/C17H24Cl2N2O/c1-12(14-4-3-7-20-10-14)8-17(22)21(2)11-13-5-6-15(18)16(19)9-13/h5-6,9,12,14,20H,3-4,7-8,10-11H2,1-2H3. The maximum Gasteiger partial charge on any atom is 0.222 e. The van der Waals surface area contributed by atoms with Crippen LogP contribution in [-0.2, 0) is 11.3 Å². The maximum absolute atomic E-state index is 12.4. The predicted molar refractivity (Wildman–Crippen MR) is 92.3 cm³/mol.